The summed E-state index contributed by atoms with van der Waals surface area (Å²) in [4.78, 5) is 92.9. The fourth-order valence-corrected chi connectivity index (χ4v) is 19.3. The van der Waals surface area contributed by atoms with Crippen molar-refractivity contribution >= 4 is 51.8 Å². The molecule has 5 aromatic rings. The van der Waals surface area contributed by atoms with Gasteiger partial charge in [-0.15, -0.1) is 0 Å². The second-order valence-electron chi connectivity index (χ2n) is 28.4. The predicted molar refractivity (Wildman–Crippen MR) is 352 cm³/mol. The van der Waals surface area contributed by atoms with Gasteiger partial charge in [-0.25, -0.2) is 4.79 Å². The number of anilines is 1. The second-order valence-corrected chi connectivity index (χ2v) is 28.4. The summed E-state index contributed by atoms with van der Waals surface area (Å²) in [6.07, 6.45) is 0.822. The number of nitrogens with one attached hydrogen (secondary N) is 1. The standard InChI is InChI=1S/C46H58N4O9.C27H29NO11/c1-8-42(54)23-28-24-45(40(52)57-6,36-30(15-19-49(25-28)26-42)29-13-10-11-14-33(29)47-36)32-21-31-34(22-35(32)56-5)48(4)38-44(31)17-20-50-18-12-16-43(9-2,37(44)50)39(59-27(3)51)46(38,55)41(53)58-7;1-10-22(31)13(28)6-17(38-10)39-15-8-27(36,16(30)9-29)7-12-19(15)26(35)21-20(24(12)33)23(32)11-4-3-5-14(37-2)18(11)25(21)34/h10-14,16,21-22,28,37-39,47,54-55H,8-9,15,17-20,23-26H2,1-7H3;3-5,10,13,15,17,22,29,31,33,35-36H,6-9,28H2,1-2H3/t28-,37-,38+,39+,42-,43+,44+,45-,46-;10-,13-,15-,17-,22-,27-/m00/s1. The van der Waals surface area contributed by atoms with Crippen molar-refractivity contribution < 1.29 is 97.7 Å². The number of methoxy groups -OCH3 is 4. The van der Waals surface area contributed by atoms with Crippen LogP contribution in [0.3, 0.4) is 0 Å². The molecule has 524 valence electrons. The maximum atomic E-state index is 15.3. The zero-order valence-electron chi connectivity index (χ0n) is 56.5. The molecular formula is C73H87N5O20. The molecule has 7 heterocycles. The molecule has 2 bridgehead atoms. The number of carbonyl (C=O) groups excluding carboxylic acids is 6. The Bertz CT molecular complexity index is 4140. The number of nitrogens with zero attached hydrogens (tertiary/aromatic N) is 3. The zero-order valence-corrected chi connectivity index (χ0v) is 56.5. The number of phenols is 2. The molecule has 1 spiro atoms. The van der Waals surface area contributed by atoms with Crippen molar-refractivity contribution in [1.29, 1.82) is 0 Å². The molecule has 1 aromatic heterocycles. The predicted octanol–water partition coefficient (Wildman–Crippen LogP) is 3.99. The van der Waals surface area contributed by atoms with Crippen LogP contribution in [0.15, 0.2) is 66.7 Å². The first-order valence-electron chi connectivity index (χ1n) is 33.6. The Kier molecular flexibility index (Phi) is 17.4. The molecule has 0 radical (unpaired) electrons. The summed E-state index contributed by atoms with van der Waals surface area (Å²) < 4.78 is 40.9. The minimum absolute atomic E-state index is 0.0173. The summed E-state index contributed by atoms with van der Waals surface area (Å²) in [5.41, 5.74) is 0.749. The molecule has 25 nitrogen and oxygen atoms in total. The van der Waals surface area contributed by atoms with Gasteiger partial charge in [0.25, 0.3) is 0 Å². The van der Waals surface area contributed by atoms with Crippen molar-refractivity contribution in [3.05, 3.63) is 123 Å². The Hall–Kier alpha value is -7.82. The van der Waals surface area contributed by atoms with E-state index >= 15 is 4.79 Å². The molecule has 9 aliphatic rings. The second kappa shape index (κ2) is 24.8. The lowest BCUT2D eigenvalue weighted by Gasteiger charge is -2.63. The van der Waals surface area contributed by atoms with Crippen LogP contribution in [0.5, 0.6) is 23.0 Å². The number of hydrogen-bond acceptors (Lipinski definition) is 24. The molecule has 3 aliphatic carbocycles. The smallest absolute Gasteiger partial charge is 0.344 e. The molecule has 14 rings (SSSR count). The van der Waals surface area contributed by atoms with Crippen molar-refractivity contribution in [2.75, 3.05) is 79.7 Å². The van der Waals surface area contributed by atoms with Crippen LogP contribution in [-0.2, 0) is 66.5 Å². The van der Waals surface area contributed by atoms with Gasteiger partial charge in [0.15, 0.2) is 24.0 Å². The van der Waals surface area contributed by atoms with E-state index in [1.807, 2.05) is 50.1 Å². The number of phenolic OH excluding ortho intramolecular Hbond substituents is 2. The molecule has 10 N–H and O–H groups in total. The Morgan fingerprint density at radius 1 is 0.827 bits per heavy atom. The van der Waals surface area contributed by atoms with E-state index in [1.165, 1.54) is 46.5 Å². The first-order valence-corrected chi connectivity index (χ1v) is 33.6. The molecule has 1 saturated carbocycles. The van der Waals surface area contributed by atoms with Crippen molar-refractivity contribution in [2.24, 2.45) is 17.1 Å². The van der Waals surface area contributed by atoms with Crippen LogP contribution in [-0.4, -0.2) is 220 Å². The van der Waals surface area contributed by atoms with E-state index in [-0.39, 0.29) is 46.4 Å². The van der Waals surface area contributed by atoms with Crippen LogP contribution in [0.4, 0.5) is 5.69 Å². The van der Waals surface area contributed by atoms with Gasteiger partial charge in [-0.3, -0.25) is 33.8 Å². The van der Waals surface area contributed by atoms with Crippen LogP contribution in [0.2, 0.25) is 0 Å². The number of rotatable bonds is 12. The third kappa shape index (κ3) is 9.90. The summed E-state index contributed by atoms with van der Waals surface area (Å²) in [7, 11) is 7.48. The largest absolute Gasteiger partial charge is 0.507 e. The summed E-state index contributed by atoms with van der Waals surface area (Å²) in [5, 5.41) is 80.0. The maximum Gasteiger partial charge on any atom is 0.344 e. The topological polar surface area (TPSA) is 360 Å². The van der Waals surface area contributed by atoms with Crippen LogP contribution in [0, 0.1) is 11.3 Å². The number of Topliss-reactive ketones (excluding diaryl/α,β-unsaturated/α-hetero) is 1. The molecule has 0 unspecified atom stereocenters. The Balaban J connectivity index is 0.000000192. The number of hydrogen-bond donors (Lipinski definition) is 9. The van der Waals surface area contributed by atoms with Gasteiger partial charge in [0.05, 0.1) is 75.1 Å². The molecule has 6 aliphatic heterocycles. The number of ketones is 3. The van der Waals surface area contributed by atoms with Gasteiger partial charge in [-0.1, -0.05) is 56.3 Å². The molecule has 25 heteroatoms. The summed E-state index contributed by atoms with van der Waals surface area (Å²) in [6, 6.07) is 14.6. The summed E-state index contributed by atoms with van der Waals surface area (Å²) in [6.45, 7) is 9.18. The monoisotopic (exact) mass is 1350 g/mol. The number of esters is 3. The molecule has 3 saturated heterocycles. The average molecular weight is 1350 g/mol. The SMILES string of the molecule is CC[C@]1(O)C[C@@H]2C[N@@](CCc3c([nH]c4ccccc34)[C@@](C(=O)OC)(c3cc4c(cc3OC)N(C)[C@H]3[C@@](O)(C(=O)OC)[C@H](OC(C)=O)[C@]5(CC)C=CCN6CC[C@]43[C@@H]65)C2)C1.COc1cccc2c1C(=O)c1c(O)c3c(c(O)c1C2=O)C[C@@](O)(C(=O)CO)C[C@@H]3O[C@H]1C[C@H](N)[C@@H](O)[C@H](C)O1. The van der Waals surface area contributed by atoms with Gasteiger partial charge in [0.1, 0.15) is 40.6 Å². The van der Waals surface area contributed by atoms with Crippen LogP contribution in [0.1, 0.15) is 144 Å². The minimum atomic E-state index is -2.30. The number of H-pyrrole nitrogens is 1. The lowest BCUT2D eigenvalue weighted by Crippen LogP contribution is -2.81. The number of nitrogens with two attached hydrogens (primary N) is 1. The van der Waals surface area contributed by atoms with Crippen molar-refractivity contribution in [3.8, 4) is 23.0 Å². The number of aliphatic hydroxyl groups is 5. The Morgan fingerprint density at radius 2 is 1.55 bits per heavy atom. The van der Waals surface area contributed by atoms with E-state index in [2.05, 4.69) is 39.1 Å². The first-order chi connectivity index (χ1) is 46.6. The zero-order chi connectivity index (χ0) is 70.2. The van der Waals surface area contributed by atoms with Crippen LogP contribution in [0.25, 0.3) is 10.9 Å². The maximum absolute atomic E-state index is 15.3. The highest BCUT2D eigenvalue weighted by atomic mass is 16.7. The van der Waals surface area contributed by atoms with Crippen molar-refractivity contribution in [3.63, 3.8) is 0 Å². The highest BCUT2D eigenvalue weighted by Crippen LogP contribution is 2.69. The van der Waals surface area contributed by atoms with Gasteiger partial charge in [-0.05, 0) is 87.2 Å². The number of piperidine rings is 1. The van der Waals surface area contributed by atoms with E-state index in [4.69, 9.17) is 38.9 Å². The highest BCUT2D eigenvalue weighted by Gasteiger charge is 2.80. The third-order valence-corrected chi connectivity index (χ3v) is 23.4. The summed E-state index contributed by atoms with van der Waals surface area (Å²) in [5.74, 6) is -5.34. The lowest BCUT2D eigenvalue weighted by molar-refractivity contribution is -0.247. The fraction of sp³-hybridized carbons (Fsp3) is 0.534. The lowest BCUT2D eigenvalue weighted by atomic mass is 9.47. The van der Waals surface area contributed by atoms with E-state index in [9.17, 15) is 59.7 Å². The minimum Gasteiger partial charge on any atom is -0.507 e. The molecular weight excluding hydrogens is 1270 g/mol. The quantitative estimate of drug-likeness (QED) is 0.0362. The molecule has 4 aromatic carbocycles. The highest BCUT2D eigenvalue weighted by molar-refractivity contribution is 6.31. The average Bonchev–Trinajstić information content (AvgIpc) is 1.45. The van der Waals surface area contributed by atoms with E-state index in [1.54, 1.807) is 14.0 Å². The molecule has 4 fully saturated rings. The van der Waals surface area contributed by atoms with Crippen molar-refractivity contribution in [2.45, 2.75) is 162 Å². The number of likely N-dealkylation sites (N-methyl/N-ethyl adjacent to an activating group) is 1. The van der Waals surface area contributed by atoms with Gasteiger partial charge >= 0.3 is 17.9 Å². The van der Waals surface area contributed by atoms with Gasteiger partial charge in [0.2, 0.25) is 11.4 Å². The molecule has 0 amide bonds. The van der Waals surface area contributed by atoms with Gasteiger partial charge in [-0.2, -0.15) is 0 Å². The number of carbonyl (C=O) groups is 6. The van der Waals surface area contributed by atoms with Crippen LogP contribution >= 0.6 is 0 Å². The number of aromatic hydroxyl groups is 2. The van der Waals surface area contributed by atoms with E-state index in [0.29, 0.717) is 82.6 Å². The normalized spacial score (nSPS) is 34.1. The number of para-hydroxylation sites is 1. The van der Waals surface area contributed by atoms with Crippen molar-refractivity contribution in [1.82, 2.24) is 14.8 Å². The van der Waals surface area contributed by atoms with E-state index in [0.717, 1.165) is 33.4 Å². The Labute approximate surface area is 566 Å². The Morgan fingerprint density at radius 3 is 2.22 bits per heavy atom. The number of benzene rings is 4. The van der Waals surface area contributed by atoms with E-state index < -0.39 is 153 Å². The van der Waals surface area contributed by atoms with Gasteiger partial charge < -0.3 is 84.5 Å². The number of aromatic nitrogens is 1. The molecule has 16 atom stereocenters. The van der Waals surface area contributed by atoms with Gasteiger partial charge in [0, 0.05) is 133 Å². The summed E-state index contributed by atoms with van der Waals surface area (Å²) >= 11 is 0. The number of fused-ring (bicyclic) bond motifs is 9. The number of ether oxygens (including phenoxy) is 7. The molecule has 98 heavy (non-hydrogen) atoms. The van der Waals surface area contributed by atoms with Crippen LogP contribution < -0.4 is 20.1 Å². The first kappa shape index (κ1) is 68.7. The number of aromatic amines is 1. The fourth-order valence-electron chi connectivity index (χ4n) is 19.3. The third-order valence-electron chi connectivity index (χ3n) is 23.4. The number of aliphatic hydroxyl groups excluding tert-OH is 2.